The molecule has 1 aliphatic heterocycles. The van der Waals surface area contributed by atoms with Gasteiger partial charge in [-0.15, -0.1) is 0 Å². The third-order valence-corrected chi connectivity index (χ3v) is 6.88. The number of carbonyl (C=O) groups excluding carboxylic acids is 2. The highest BCUT2D eigenvalue weighted by atomic mass is 35.5. The van der Waals surface area contributed by atoms with Gasteiger partial charge in [-0.25, -0.2) is 13.2 Å². The van der Waals surface area contributed by atoms with Crippen molar-refractivity contribution in [3.8, 4) is 5.75 Å². The molecule has 1 heterocycles. The molecule has 0 saturated carbocycles. The van der Waals surface area contributed by atoms with Gasteiger partial charge in [0.15, 0.2) is 0 Å². The number of nitrogens with one attached hydrogen (secondary N) is 1. The standard InChI is InChI=1S/C20H21ClN2O7S/c1-28-18-6-4-14(31(26,27)23-7-9-30-10-8-23)12-16(18)19(24)22-13-3-5-17(21)15(11-13)20(25)29-2/h3-6,11-12H,7-10H2,1-2H3,(H,22,24). The molecule has 11 heteroatoms. The summed E-state index contributed by atoms with van der Waals surface area (Å²) in [6.07, 6.45) is 0. The average molecular weight is 469 g/mol. The molecule has 1 saturated heterocycles. The van der Waals surface area contributed by atoms with Gasteiger partial charge in [0.1, 0.15) is 5.75 Å². The maximum absolute atomic E-state index is 12.9. The van der Waals surface area contributed by atoms with Crippen LogP contribution in [-0.2, 0) is 19.5 Å². The van der Waals surface area contributed by atoms with E-state index < -0.39 is 21.9 Å². The minimum Gasteiger partial charge on any atom is -0.496 e. The van der Waals surface area contributed by atoms with E-state index in [4.69, 9.17) is 21.1 Å². The van der Waals surface area contributed by atoms with Gasteiger partial charge in [-0.2, -0.15) is 4.31 Å². The van der Waals surface area contributed by atoms with Crippen molar-refractivity contribution in [3.05, 3.63) is 52.5 Å². The molecule has 0 bridgehead atoms. The van der Waals surface area contributed by atoms with Crippen LogP contribution in [0.15, 0.2) is 41.3 Å². The Bertz CT molecular complexity index is 1100. The second kappa shape index (κ2) is 9.65. The van der Waals surface area contributed by atoms with Crippen LogP contribution >= 0.6 is 11.6 Å². The van der Waals surface area contributed by atoms with Gasteiger partial charge in [0.05, 0.1) is 48.5 Å². The molecular weight excluding hydrogens is 448 g/mol. The van der Waals surface area contributed by atoms with E-state index in [1.54, 1.807) is 0 Å². The second-order valence-electron chi connectivity index (χ2n) is 6.52. The van der Waals surface area contributed by atoms with Crippen molar-refractivity contribution in [2.75, 3.05) is 45.8 Å². The number of hydrogen-bond donors (Lipinski definition) is 1. The maximum Gasteiger partial charge on any atom is 0.339 e. The Morgan fingerprint density at radius 1 is 1.06 bits per heavy atom. The molecule has 3 rings (SSSR count). The predicted octanol–water partition coefficient (Wildman–Crippen LogP) is 2.41. The summed E-state index contributed by atoms with van der Waals surface area (Å²) in [6, 6.07) is 8.39. The molecule has 0 unspecified atom stereocenters. The van der Waals surface area contributed by atoms with Crippen molar-refractivity contribution in [2.24, 2.45) is 0 Å². The molecule has 1 amide bonds. The fraction of sp³-hybridized carbons (Fsp3) is 0.300. The summed E-state index contributed by atoms with van der Waals surface area (Å²) >= 11 is 6.00. The lowest BCUT2D eigenvalue weighted by Gasteiger charge is -2.26. The Morgan fingerprint density at radius 3 is 2.42 bits per heavy atom. The van der Waals surface area contributed by atoms with E-state index in [9.17, 15) is 18.0 Å². The number of amides is 1. The zero-order valence-corrected chi connectivity index (χ0v) is 18.5. The van der Waals surface area contributed by atoms with Gasteiger partial charge in [0.25, 0.3) is 5.91 Å². The fourth-order valence-corrected chi connectivity index (χ4v) is 4.66. The molecule has 0 atom stereocenters. The number of rotatable bonds is 6. The molecule has 0 aliphatic carbocycles. The molecule has 1 fully saturated rings. The molecule has 31 heavy (non-hydrogen) atoms. The number of esters is 1. The van der Waals surface area contributed by atoms with Crippen LogP contribution in [0.3, 0.4) is 0 Å². The molecule has 0 aromatic heterocycles. The number of benzene rings is 2. The lowest BCUT2D eigenvalue weighted by Crippen LogP contribution is -2.40. The normalized spacial score (nSPS) is 14.7. The van der Waals surface area contributed by atoms with Crippen LogP contribution in [0.2, 0.25) is 5.02 Å². The van der Waals surface area contributed by atoms with Gasteiger partial charge in [-0.3, -0.25) is 4.79 Å². The van der Waals surface area contributed by atoms with E-state index in [0.717, 1.165) is 0 Å². The Morgan fingerprint density at radius 2 is 1.77 bits per heavy atom. The minimum absolute atomic E-state index is 0.0198. The minimum atomic E-state index is -3.80. The van der Waals surface area contributed by atoms with Crippen molar-refractivity contribution < 1.29 is 32.2 Å². The Labute approximate surface area is 184 Å². The topological polar surface area (TPSA) is 111 Å². The van der Waals surface area contributed by atoms with Gasteiger partial charge in [0, 0.05) is 18.8 Å². The molecule has 1 N–H and O–H groups in total. The van der Waals surface area contributed by atoms with Crippen molar-refractivity contribution in [1.29, 1.82) is 0 Å². The first-order chi connectivity index (χ1) is 14.8. The third kappa shape index (κ3) is 4.99. The van der Waals surface area contributed by atoms with Gasteiger partial charge in [-0.1, -0.05) is 11.6 Å². The van der Waals surface area contributed by atoms with E-state index in [1.807, 2.05) is 0 Å². The largest absolute Gasteiger partial charge is 0.496 e. The van der Waals surface area contributed by atoms with Crippen LogP contribution in [0.1, 0.15) is 20.7 Å². The zero-order valence-electron chi connectivity index (χ0n) is 16.9. The van der Waals surface area contributed by atoms with Crippen LogP contribution in [0.5, 0.6) is 5.75 Å². The highest BCUT2D eigenvalue weighted by Gasteiger charge is 2.28. The average Bonchev–Trinajstić information content (AvgIpc) is 2.79. The highest BCUT2D eigenvalue weighted by molar-refractivity contribution is 7.89. The lowest BCUT2D eigenvalue weighted by molar-refractivity contribution is 0.0600. The Hall–Kier alpha value is -2.66. The van der Waals surface area contributed by atoms with Crippen LogP contribution in [-0.4, -0.2) is 65.1 Å². The van der Waals surface area contributed by atoms with Crippen molar-refractivity contribution in [1.82, 2.24) is 4.31 Å². The second-order valence-corrected chi connectivity index (χ2v) is 8.86. The van der Waals surface area contributed by atoms with Crippen molar-refractivity contribution in [2.45, 2.75) is 4.90 Å². The number of anilines is 1. The van der Waals surface area contributed by atoms with E-state index in [0.29, 0.717) is 13.2 Å². The zero-order chi connectivity index (χ0) is 22.6. The number of halogens is 1. The molecular formula is C20H21ClN2O7S. The number of methoxy groups -OCH3 is 2. The van der Waals surface area contributed by atoms with Crippen molar-refractivity contribution in [3.63, 3.8) is 0 Å². The molecule has 0 spiro atoms. The third-order valence-electron chi connectivity index (χ3n) is 4.65. The smallest absolute Gasteiger partial charge is 0.339 e. The summed E-state index contributed by atoms with van der Waals surface area (Å²) in [5.41, 5.74) is 0.377. The quantitative estimate of drug-likeness (QED) is 0.648. The molecule has 166 valence electrons. The Kier molecular flexibility index (Phi) is 7.16. The van der Waals surface area contributed by atoms with Crippen LogP contribution in [0.4, 0.5) is 5.69 Å². The summed E-state index contributed by atoms with van der Waals surface area (Å²) in [7, 11) is -1.21. The first-order valence-corrected chi connectivity index (χ1v) is 11.0. The molecule has 2 aromatic carbocycles. The van der Waals surface area contributed by atoms with Gasteiger partial charge in [0.2, 0.25) is 10.0 Å². The lowest BCUT2D eigenvalue weighted by atomic mass is 10.1. The number of morpholine rings is 1. The molecule has 2 aromatic rings. The highest BCUT2D eigenvalue weighted by Crippen LogP contribution is 2.27. The van der Waals surface area contributed by atoms with Gasteiger partial charge in [-0.05, 0) is 36.4 Å². The van der Waals surface area contributed by atoms with E-state index >= 15 is 0 Å². The van der Waals surface area contributed by atoms with Crippen LogP contribution in [0, 0.1) is 0 Å². The van der Waals surface area contributed by atoms with E-state index in [1.165, 1.54) is 54.9 Å². The number of nitrogens with zero attached hydrogens (tertiary/aromatic N) is 1. The number of carbonyl (C=O) groups is 2. The summed E-state index contributed by atoms with van der Waals surface area (Å²) in [5, 5.41) is 2.79. The fourth-order valence-electron chi connectivity index (χ4n) is 3.03. The number of ether oxygens (including phenoxy) is 3. The first kappa shape index (κ1) is 23.0. The van der Waals surface area contributed by atoms with Crippen molar-refractivity contribution >= 4 is 39.2 Å². The summed E-state index contributed by atoms with van der Waals surface area (Å²) in [4.78, 5) is 24.7. The summed E-state index contributed by atoms with van der Waals surface area (Å²) in [5.74, 6) is -1.08. The summed E-state index contributed by atoms with van der Waals surface area (Å²) in [6.45, 7) is 1.08. The SMILES string of the molecule is COC(=O)c1cc(NC(=O)c2cc(S(=O)(=O)N3CCOCC3)ccc2OC)ccc1Cl. The number of hydrogen-bond acceptors (Lipinski definition) is 7. The van der Waals surface area contributed by atoms with Gasteiger partial charge >= 0.3 is 5.97 Å². The van der Waals surface area contributed by atoms with Crippen LogP contribution in [0.25, 0.3) is 0 Å². The van der Waals surface area contributed by atoms with Crippen LogP contribution < -0.4 is 10.1 Å². The predicted molar refractivity (Wildman–Crippen MR) is 113 cm³/mol. The maximum atomic E-state index is 12.9. The summed E-state index contributed by atoms with van der Waals surface area (Å²) < 4.78 is 42.3. The van der Waals surface area contributed by atoms with E-state index in [2.05, 4.69) is 10.1 Å². The molecule has 0 radical (unpaired) electrons. The number of sulfonamides is 1. The molecule has 9 nitrogen and oxygen atoms in total. The first-order valence-electron chi connectivity index (χ1n) is 9.23. The Balaban J connectivity index is 1.92. The monoisotopic (exact) mass is 468 g/mol. The molecule has 1 aliphatic rings. The van der Waals surface area contributed by atoms with Gasteiger partial charge < -0.3 is 19.5 Å². The van der Waals surface area contributed by atoms with E-state index in [-0.39, 0.29) is 45.6 Å².